The van der Waals surface area contributed by atoms with Crippen LogP contribution in [0.2, 0.25) is 5.02 Å². The van der Waals surface area contributed by atoms with Crippen LogP contribution in [0.15, 0.2) is 72.3 Å². The molecule has 3 aromatic carbocycles. The first kappa shape index (κ1) is 28.4. The van der Waals surface area contributed by atoms with E-state index in [2.05, 4.69) is 10.0 Å². The standard InChI is InChI=1S/C27H27ClN2O7S/c1-34-21-16-26(36-3)22(27(17-21)37-4)12-14-38(32,33)30-20-9-10-25(35-2)23(15-20)29-13-11-24(31)18-5-7-19(28)8-6-18/h5-17,29-30H,1-4H3/b13-11-,14-12+. The molecule has 0 atom stereocenters. The summed E-state index contributed by atoms with van der Waals surface area (Å²) in [5, 5.41) is 4.49. The lowest BCUT2D eigenvalue weighted by molar-refractivity contribution is 0.104. The zero-order valence-corrected chi connectivity index (χ0v) is 22.7. The number of hydrogen-bond donors (Lipinski definition) is 2. The third-order valence-electron chi connectivity index (χ3n) is 5.23. The maximum absolute atomic E-state index is 12.8. The highest BCUT2D eigenvalue weighted by Crippen LogP contribution is 2.35. The number of hydrogen-bond acceptors (Lipinski definition) is 8. The molecular formula is C27H27ClN2O7S. The molecule has 0 fully saturated rings. The highest BCUT2D eigenvalue weighted by molar-refractivity contribution is 7.95. The van der Waals surface area contributed by atoms with Gasteiger partial charge in [0, 0.05) is 35.0 Å². The van der Waals surface area contributed by atoms with Gasteiger partial charge in [0.1, 0.15) is 23.0 Å². The van der Waals surface area contributed by atoms with E-state index in [9.17, 15) is 13.2 Å². The summed E-state index contributed by atoms with van der Waals surface area (Å²) in [6, 6.07) is 14.4. The van der Waals surface area contributed by atoms with Gasteiger partial charge in [0.2, 0.25) is 0 Å². The van der Waals surface area contributed by atoms with E-state index in [1.165, 1.54) is 52.9 Å². The van der Waals surface area contributed by atoms with Gasteiger partial charge in [0.25, 0.3) is 10.0 Å². The molecule has 0 spiro atoms. The van der Waals surface area contributed by atoms with Crippen molar-refractivity contribution in [3.63, 3.8) is 0 Å². The highest BCUT2D eigenvalue weighted by atomic mass is 35.5. The molecule has 2 N–H and O–H groups in total. The van der Waals surface area contributed by atoms with Gasteiger partial charge in [-0.15, -0.1) is 0 Å². The smallest absolute Gasteiger partial charge is 0.255 e. The Morgan fingerprint density at radius 1 is 0.842 bits per heavy atom. The molecule has 11 heteroatoms. The van der Waals surface area contributed by atoms with Gasteiger partial charge >= 0.3 is 0 Å². The summed E-state index contributed by atoms with van der Waals surface area (Å²) in [6.45, 7) is 0. The SMILES string of the molecule is COc1cc(OC)c(/C=C/S(=O)(=O)Nc2ccc(OC)c(N/C=C\C(=O)c3ccc(Cl)cc3)c2)c(OC)c1. The number of benzene rings is 3. The molecule has 0 aliphatic heterocycles. The van der Waals surface area contributed by atoms with Gasteiger partial charge in [0.15, 0.2) is 5.78 Å². The van der Waals surface area contributed by atoms with Crippen LogP contribution in [-0.4, -0.2) is 42.6 Å². The number of rotatable bonds is 12. The molecule has 0 radical (unpaired) electrons. The Kier molecular flexibility index (Phi) is 9.64. The van der Waals surface area contributed by atoms with Gasteiger partial charge in [-0.1, -0.05) is 11.6 Å². The topological polar surface area (TPSA) is 112 Å². The predicted molar refractivity (Wildman–Crippen MR) is 149 cm³/mol. The maximum atomic E-state index is 12.8. The minimum Gasteiger partial charge on any atom is -0.496 e. The van der Waals surface area contributed by atoms with E-state index in [1.807, 2.05) is 0 Å². The number of ketones is 1. The molecule has 38 heavy (non-hydrogen) atoms. The van der Waals surface area contributed by atoms with Crippen molar-refractivity contribution in [3.8, 4) is 23.0 Å². The highest BCUT2D eigenvalue weighted by Gasteiger charge is 2.14. The van der Waals surface area contributed by atoms with Crippen LogP contribution in [0.25, 0.3) is 6.08 Å². The summed E-state index contributed by atoms with van der Waals surface area (Å²) >= 11 is 5.86. The molecule has 0 bridgehead atoms. The first-order chi connectivity index (χ1) is 18.2. The quantitative estimate of drug-likeness (QED) is 0.218. The fourth-order valence-electron chi connectivity index (χ4n) is 3.35. The van der Waals surface area contributed by atoms with Crippen LogP contribution in [0.1, 0.15) is 15.9 Å². The lowest BCUT2D eigenvalue weighted by Gasteiger charge is -2.13. The fraction of sp³-hybridized carbons (Fsp3) is 0.148. The minimum atomic E-state index is -3.93. The number of halogens is 1. The van der Waals surface area contributed by atoms with Crippen molar-refractivity contribution < 1.29 is 32.2 Å². The van der Waals surface area contributed by atoms with Crippen LogP contribution >= 0.6 is 11.6 Å². The van der Waals surface area contributed by atoms with Crippen molar-refractivity contribution >= 4 is 44.9 Å². The Bertz CT molecular complexity index is 1430. The van der Waals surface area contributed by atoms with Gasteiger partial charge in [-0.25, -0.2) is 8.42 Å². The summed E-state index contributed by atoms with van der Waals surface area (Å²) in [5.41, 5.74) is 1.60. The number of allylic oxidation sites excluding steroid dienone is 1. The second kappa shape index (κ2) is 12.9. The van der Waals surface area contributed by atoms with Crippen LogP contribution in [0, 0.1) is 0 Å². The number of methoxy groups -OCH3 is 4. The number of nitrogens with one attached hydrogen (secondary N) is 2. The van der Waals surface area contributed by atoms with E-state index < -0.39 is 10.0 Å². The van der Waals surface area contributed by atoms with Gasteiger partial charge < -0.3 is 24.3 Å². The van der Waals surface area contributed by atoms with Crippen LogP contribution in [0.4, 0.5) is 11.4 Å². The van der Waals surface area contributed by atoms with E-state index >= 15 is 0 Å². The molecular weight excluding hydrogens is 532 g/mol. The number of anilines is 2. The third-order valence-corrected chi connectivity index (χ3v) is 6.50. The van der Waals surface area contributed by atoms with Crippen molar-refractivity contribution in [2.75, 3.05) is 38.5 Å². The Balaban J connectivity index is 1.78. The van der Waals surface area contributed by atoms with Gasteiger partial charge in [-0.3, -0.25) is 9.52 Å². The number of sulfonamides is 1. The van der Waals surface area contributed by atoms with Crippen LogP contribution in [0.3, 0.4) is 0 Å². The molecule has 3 aromatic rings. The van der Waals surface area contributed by atoms with E-state index in [4.69, 9.17) is 30.5 Å². The first-order valence-corrected chi connectivity index (χ1v) is 13.0. The molecule has 9 nitrogen and oxygen atoms in total. The zero-order valence-electron chi connectivity index (χ0n) is 21.1. The largest absolute Gasteiger partial charge is 0.496 e. The molecule has 0 aromatic heterocycles. The molecule has 0 saturated heterocycles. The van der Waals surface area contributed by atoms with E-state index in [0.717, 1.165) is 5.41 Å². The number of ether oxygens (including phenoxy) is 4. The molecule has 0 aliphatic carbocycles. The first-order valence-electron chi connectivity index (χ1n) is 11.1. The maximum Gasteiger partial charge on any atom is 0.255 e. The molecule has 200 valence electrons. The Morgan fingerprint density at radius 3 is 2.05 bits per heavy atom. The predicted octanol–water partition coefficient (Wildman–Crippen LogP) is 5.60. The van der Waals surface area contributed by atoms with Crippen molar-refractivity contribution in [2.45, 2.75) is 0 Å². The van der Waals surface area contributed by atoms with Crippen molar-refractivity contribution in [1.29, 1.82) is 0 Å². The second-order valence-electron chi connectivity index (χ2n) is 7.66. The van der Waals surface area contributed by atoms with Crippen molar-refractivity contribution in [3.05, 3.63) is 88.4 Å². The summed E-state index contributed by atoms with van der Waals surface area (Å²) in [4.78, 5) is 12.3. The summed E-state index contributed by atoms with van der Waals surface area (Å²) < 4.78 is 49.4. The Hall–Kier alpha value is -4.15. The van der Waals surface area contributed by atoms with E-state index in [1.54, 1.807) is 48.5 Å². The number of carbonyl (C=O) groups excluding carboxylic acids is 1. The van der Waals surface area contributed by atoms with Crippen LogP contribution < -0.4 is 29.0 Å². The summed E-state index contributed by atoms with van der Waals surface area (Å²) in [6.07, 6.45) is 4.15. The summed E-state index contributed by atoms with van der Waals surface area (Å²) in [5.74, 6) is 1.46. The van der Waals surface area contributed by atoms with E-state index in [-0.39, 0.29) is 11.5 Å². The Morgan fingerprint density at radius 2 is 1.47 bits per heavy atom. The molecule has 3 rings (SSSR count). The number of carbonyl (C=O) groups is 1. The van der Waals surface area contributed by atoms with E-state index in [0.29, 0.717) is 44.8 Å². The molecule has 0 unspecified atom stereocenters. The van der Waals surface area contributed by atoms with Gasteiger partial charge in [-0.05, 0) is 48.5 Å². The van der Waals surface area contributed by atoms with Crippen LogP contribution in [-0.2, 0) is 10.0 Å². The lowest BCUT2D eigenvalue weighted by Crippen LogP contribution is -2.09. The van der Waals surface area contributed by atoms with Gasteiger partial charge in [-0.2, -0.15) is 0 Å². The molecule has 0 aliphatic rings. The summed E-state index contributed by atoms with van der Waals surface area (Å²) in [7, 11) is 1.97. The normalized spacial score (nSPS) is 11.4. The monoisotopic (exact) mass is 558 g/mol. The molecule has 0 amide bonds. The van der Waals surface area contributed by atoms with Crippen LogP contribution in [0.5, 0.6) is 23.0 Å². The molecule has 0 heterocycles. The van der Waals surface area contributed by atoms with Crippen molar-refractivity contribution in [1.82, 2.24) is 0 Å². The Labute approximate surface area is 226 Å². The second-order valence-corrected chi connectivity index (χ2v) is 9.66. The fourth-order valence-corrected chi connectivity index (χ4v) is 4.32. The average molecular weight is 559 g/mol. The minimum absolute atomic E-state index is 0.237. The van der Waals surface area contributed by atoms with Gasteiger partial charge in [0.05, 0.1) is 50.8 Å². The molecule has 0 saturated carbocycles. The lowest BCUT2D eigenvalue weighted by atomic mass is 10.1. The average Bonchev–Trinajstić information content (AvgIpc) is 2.91. The van der Waals surface area contributed by atoms with Crippen molar-refractivity contribution in [2.24, 2.45) is 0 Å². The zero-order chi connectivity index (χ0) is 27.7. The third kappa shape index (κ3) is 7.44.